The predicted octanol–water partition coefficient (Wildman–Crippen LogP) is 4.33. The Labute approximate surface area is 170 Å². The molecule has 146 valence electrons. The molecule has 0 aliphatic carbocycles. The van der Waals surface area contributed by atoms with Gasteiger partial charge in [-0.2, -0.15) is 5.10 Å². The number of carbonyl (C=O) groups excluding carboxylic acids is 1. The van der Waals surface area contributed by atoms with Crippen LogP contribution in [0.4, 0.5) is 5.69 Å². The Kier molecular flexibility index (Phi) is 4.43. The fraction of sp³-hybridized carbons (Fsp3) is 0.250. The third kappa shape index (κ3) is 3.33. The molecule has 2 aromatic carbocycles. The summed E-state index contributed by atoms with van der Waals surface area (Å²) in [5.74, 6) is 1.62. The summed E-state index contributed by atoms with van der Waals surface area (Å²) in [4.78, 5) is 15.5. The molecule has 0 N–H and O–H groups in total. The maximum absolute atomic E-state index is 13.3. The SMILES string of the molecule is Cc1ccc([C@H]2CC(c3ccccc3)=NN2C(=O)CN2CCc3ccccc32)o1. The Hall–Kier alpha value is -3.34. The molecule has 1 aromatic heterocycles. The lowest BCUT2D eigenvalue weighted by molar-refractivity contribution is -0.131. The van der Waals surface area contributed by atoms with Gasteiger partial charge in [0.1, 0.15) is 17.6 Å². The highest BCUT2D eigenvalue weighted by atomic mass is 16.3. The summed E-state index contributed by atoms with van der Waals surface area (Å²) in [6.07, 6.45) is 1.63. The smallest absolute Gasteiger partial charge is 0.262 e. The lowest BCUT2D eigenvalue weighted by Crippen LogP contribution is -2.37. The van der Waals surface area contributed by atoms with Gasteiger partial charge in [0.05, 0.1) is 12.3 Å². The van der Waals surface area contributed by atoms with Crippen LogP contribution < -0.4 is 4.90 Å². The number of anilines is 1. The first-order valence-corrected chi connectivity index (χ1v) is 10.0. The zero-order valence-corrected chi connectivity index (χ0v) is 16.4. The minimum absolute atomic E-state index is 0.00770. The topological polar surface area (TPSA) is 49.1 Å². The summed E-state index contributed by atoms with van der Waals surface area (Å²) in [6.45, 7) is 3.10. The monoisotopic (exact) mass is 385 g/mol. The second-order valence-electron chi connectivity index (χ2n) is 7.62. The summed E-state index contributed by atoms with van der Waals surface area (Å²) in [6, 6.07) is 22.0. The highest BCUT2D eigenvalue weighted by molar-refractivity contribution is 6.03. The van der Waals surface area contributed by atoms with Crippen LogP contribution in [-0.2, 0) is 11.2 Å². The first-order valence-electron chi connectivity index (χ1n) is 10.0. The molecule has 5 heteroatoms. The van der Waals surface area contributed by atoms with Gasteiger partial charge in [-0.15, -0.1) is 0 Å². The van der Waals surface area contributed by atoms with Crippen molar-refractivity contribution in [3.8, 4) is 0 Å². The number of hydrogen-bond donors (Lipinski definition) is 0. The number of hydrogen-bond acceptors (Lipinski definition) is 4. The first-order chi connectivity index (χ1) is 14.2. The van der Waals surface area contributed by atoms with Crippen LogP contribution in [0, 0.1) is 6.92 Å². The Balaban J connectivity index is 1.43. The standard InChI is InChI=1S/C24H23N3O2/c1-17-11-12-23(29-17)22-15-20(18-7-3-2-4-8-18)25-27(22)24(28)16-26-14-13-19-9-5-6-10-21(19)26/h2-12,22H,13-16H2,1H3/t22-/m1/s1. The van der Waals surface area contributed by atoms with E-state index in [1.807, 2.05) is 55.5 Å². The summed E-state index contributed by atoms with van der Waals surface area (Å²) in [5, 5.41) is 6.36. The van der Waals surface area contributed by atoms with Crippen LogP contribution in [0.2, 0.25) is 0 Å². The quantitative estimate of drug-likeness (QED) is 0.672. The third-order valence-corrected chi connectivity index (χ3v) is 5.67. The zero-order valence-electron chi connectivity index (χ0n) is 16.4. The molecule has 0 bridgehead atoms. The lowest BCUT2D eigenvalue weighted by atomic mass is 10.0. The normalized spacial score (nSPS) is 18.1. The van der Waals surface area contributed by atoms with E-state index in [2.05, 4.69) is 23.1 Å². The first kappa shape index (κ1) is 17.7. The van der Waals surface area contributed by atoms with Crippen molar-refractivity contribution in [2.75, 3.05) is 18.0 Å². The maximum Gasteiger partial charge on any atom is 0.262 e. The number of amides is 1. The number of fused-ring (bicyclic) bond motifs is 1. The van der Waals surface area contributed by atoms with Crippen molar-refractivity contribution >= 4 is 17.3 Å². The molecule has 2 aliphatic rings. The summed E-state index contributed by atoms with van der Waals surface area (Å²) in [5.41, 5.74) is 4.41. The van der Waals surface area contributed by atoms with Gasteiger partial charge in [-0.1, -0.05) is 48.5 Å². The van der Waals surface area contributed by atoms with E-state index in [1.165, 1.54) is 5.56 Å². The highest BCUT2D eigenvalue weighted by Gasteiger charge is 2.36. The number of benzene rings is 2. The molecular formula is C24H23N3O2. The van der Waals surface area contributed by atoms with E-state index in [0.717, 1.165) is 41.4 Å². The van der Waals surface area contributed by atoms with Crippen LogP contribution in [0.15, 0.2) is 76.2 Å². The van der Waals surface area contributed by atoms with Gasteiger partial charge in [-0.3, -0.25) is 4.79 Å². The second-order valence-corrected chi connectivity index (χ2v) is 7.62. The molecular weight excluding hydrogens is 362 g/mol. The number of nitrogens with zero attached hydrogens (tertiary/aromatic N) is 3. The molecule has 29 heavy (non-hydrogen) atoms. The Morgan fingerprint density at radius 2 is 1.86 bits per heavy atom. The third-order valence-electron chi connectivity index (χ3n) is 5.67. The van der Waals surface area contributed by atoms with Gasteiger partial charge in [0, 0.05) is 18.7 Å². The molecule has 5 rings (SSSR count). The van der Waals surface area contributed by atoms with E-state index < -0.39 is 0 Å². The molecule has 0 radical (unpaired) electrons. The number of rotatable bonds is 4. The van der Waals surface area contributed by atoms with Crippen LogP contribution in [0.3, 0.4) is 0 Å². The number of para-hydroxylation sites is 1. The molecule has 0 spiro atoms. The molecule has 0 unspecified atom stereocenters. The average molecular weight is 385 g/mol. The fourth-order valence-electron chi connectivity index (χ4n) is 4.21. The Bertz CT molecular complexity index is 1070. The van der Waals surface area contributed by atoms with Crippen LogP contribution in [0.25, 0.3) is 0 Å². The molecule has 2 aliphatic heterocycles. The number of furan rings is 1. The minimum Gasteiger partial charge on any atom is -0.464 e. The summed E-state index contributed by atoms with van der Waals surface area (Å²) in [7, 11) is 0. The van der Waals surface area contributed by atoms with Crippen molar-refractivity contribution in [1.82, 2.24) is 5.01 Å². The van der Waals surface area contributed by atoms with E-state index in [0.29, 0.717) is 13.0 Å². The van der Waals surface area contributed by atoms with Gasteiger partial charge >= 0.3 is 0 Å². The van der Waals surface area contributed by atoms with Gasteiger partial charge in [0.2, 0.25) is 0 Å². The van der Waals surface area contributed by atoms with Crippen molar-refractivity contribution in [3.05, 3.63) is 89.4 Å². The summed E-state index contributed by atoms with van der Waals surface area (Å²) >= 11 is 0. The van der Waals surface area contributed by atoms with Gasteiger partial charge in [-0.05, 0) is 42.7 Å². The molecule has 1 atom stereocenters. The van der Waals surface area contributed by atoms with Gasteiger partial charge in [0.15, 0.2) is 0 Å². The van der Waals surface area contributed by atoms with Crippen molar-refractivity contribution < 1.29 is 9.21 Å². The van der Waals surface area contributed by atoms with Crippen molar-refractivity contribution in [1.29, 1.82) is 0 Å². The molecule has 1 amide bonds. The number of carbonyl (C=O) groups is 1. The molecule has 3 aromatic rings. The average Bonchev–Trinajstić information content (AvgIpc) is 3.47. The Morgan fingerprint density at radius 3 is 2.66 bits per heavy atom. The van der Waals surface area contributed by atoms with Gasteiger partial charge < -0.3 is 9.32 Å². The second kappa shape index (κ2) is 7.24. The van der Waals surface area contributed by atoms with E-state index in [4.69, 9.17) is 9.52 Å². The zero-order chi connectivity index (χ0) is 19.8. The van der Waals surface area contributed by atoms with Gasteiger partial charge in [-0.25, -0.2) is 5.01 Å². The number of hydrazone groups is 1. The van der Waals surface area contributed by atoms with Gasteiger partial charge in [0.25, 0.3) is 5.91 Å². The van der Waals surface area contributed by atoms with E-state index in [-0.39, 0.29) is 11.9 Å². The molecule has 5 nitrogen and oxygen atoms in total. The van der Waals surface area contributed by atoms with E-state index >= 15 is 0 Å². The van der Waals surface area contributed by atoms with Crippen molar-refractivity contribution in [3.63, 3.8) is 0 Å². The largest absolute Gasteiger partial charge is 0.464 e. The molecule has 0 fully saturated rings. The fourth-order valence-corrected chi connectivity index (χ4v) is 4.21. The summed E-state index contributed by atoms with van der Waals surface area (Å²) < 4.78 is 5.88. The predicted molar refractivity (Wildman–Crippen MR) is 113 cm³/mol. The van der Waals surface area contributed by atoms with Crippen LogP contribution in [-0.4, -0.2) is 29.7 Å². The van der Waals surface area contributed by atoms with Crippen LogP contribution in [0.1, 0.15) is 35.1 Å². The van der Waals surface area contributed by atoms with Crippen LogP contribution >= 0.6 is 0 Å². The molecule has 3 heterocycles. The highest BCUT2D eigenvalue weighted by Crippen LogP contribution is 2.34. The van der Waals surface area contributed by atoms with Crippen molar-refractivity contribution in [2.45, 2.75) is 25.8 Å². The van der Waals surface area contributed by atoms with E-state index in [1.54, 1.807) is 5.01 Å². The Morgan fingerprint density at radius 1 is 1.07 bits per heavy atom. The van der Waals surface area contributed by atoms with E-state index in [9.17, 15) is 4.79 Å². The minimum atomic E-state index is -0.204. The maximum atomic E-state index is 13.3. The van der Waals surface area contributed by atoms with Crippen molar-refractivity contribution in [2.24, 2.45) is 5.10 Å². The van der Waals surface area contributed by atoms with Crippen LogP contribution in [0.5, 0.6) is 0 Å². The molecule has 0 saturated carbocycles. The number of aryl methyl sites for hydroxylation is 1. The lowest BCUT2D eigenvalue weighted by Gasteiger charge is -2.24. The molecule has 0 saturated heterocycles.